The minimum atomic E-state index is -0.859. The van der Waals surface area contributed by atoms with Crippen LogP contribution in [-0.4, -0.2) is 70.3 Å². The minimum Gasteiger partial charge on any atom is -0.506 e. The number of aromatic nitrogens is 1. The zero-order valence-corrected chi connectivity index (χ0v) is 34.4. The van der Waals surface area contributed by atoms with Crippen LogP contribution in [0, 0.1) is 0 Å². The molecule has 320 valence electrons. The maximum atomic E-state index is 12.8. The number of rotatable bonds is 17. The standard InChI is InChI=1S/C49H52N6O7/c56-43-20-18-40(41-19-21-46(59)54-48(41)43)44(57)32-50-29-34-12-10-33(11-13-34)28-47(60)52-31-36-16-14-35(15-17-36)30-51-45(58)24-27-55-25-22-38(23-26-55)62-49(61)53-42-9-5-4-8-39(42)37-6-2-1-3-7-37/h1-21,38,44,50,56-57H,22-32H2,(H,51,58)(H,52,60)(H,53,61)(H,54,59)/t44-/m0/s1. The highest BCUT2D eigenvalue weighted by Gasteiger charge is 2.23. The van der Waals surface area contributed by atoms with Crippen LogP contribution >= 0.6 is 0 Å². The average molecular weight is 837 g/mol. The van der Waals surface area contributed by atoms with E-state index in [2.05, 4.69) is 31.2 Å². The molecule has 0 saturated carbocycles. The summed E-state index contributed by atoms with van der Waals surface area (Å²) in [6.45, 7) is 3.68. The van der Waals surface area contributed by atoms with E-state index in [4.69, 9.17) is 4.74 Å². The van der Waals surface area contributed by atoms with Crippen LogP contribution in [0.3, 0.4) is 0 Å². The van der Waals surface area contributed by atoms with E-state index >= 15 is 0 Å². The van der Waals surface area contributed by atoms with Crippen molar-refractivity contribution in [3.8, 4) is 16.9 Å². The van der Waals surface area contributed by atoms with Gasteiger partial charge in [-0.3, -0.25) is 19.7 Å². The molecule has 13 heteroatoms. The van der Waals surface area contributed by atoms with Crippen LogP contribution in [0.15, 0.2) is 132 Å². The molecule has 3 amide bonds. The fraction of sp³-hybridized carbons (Fsp3) is 0.265. The molecule has 0 radical (unpaired) electrons. The molecule has 5 aromatic carbocycles. The predicted octanol–water partition coefficient (Wildman–Crippen LogP) is 6.30. The summed E-state index contributed by atoms with van der Waals surface area (Å²) in [6, 6.07) is 39.1. The van der Waals surface area contributed by atoms with E-state index in [1.165, 1.54) is 12.1 Å². The summed E-state index contributed by atoms with van der Waals surface area (Å²) in [7, 11) is 0. The van der Waals surface area contributed by atoms with Crippen LogP contribution in [0.4, 0.5) is 10.5 Å². The third-order valence-electron chi connectivity index (χ3n) is 11.0. The third-order valence-corrected chi connectivity index (χ3v) is 11.0. The van der Waals surface area contributed by atoms with Gasteiger partial charge in [0, 0.05) is 69.3 Å². The van der Waals surface area contributed by atoms with Gasteiger partial charge >= 0.3 is 6.09 Å². The van der Waals surface area contributed by atoms with E-state index in [0.29, 0.717) is 67.6 Å². The van der Waals surface area contributed by atoms with Crippen LogP contribution in [0.1, 0.15) is 53.2 Å². The number of para-hydroxylation sites is 1. The highest BCUT2D eigenvalue weighted by molar-refractivity contribution is 5.91. The second kappa shape index (κ2) is 21.1. The van der Waals surface area contributed by atoms with E-state index in [1.54, 1.807) is 12.1 Å². The zero-order chi connectivity index (χ0) is 43.3. The number of piperidine rings is 1. The molecule has 0 aliphatic carbocycles. The molecular weight excluding hydrogens is 785 g/mol. The number of aromatic amines is 1. The van der Waals surface area contributed by atoms with E-state index in [1.807, 2.05) is 103 Å². The Kier molecular flexibility index (Phi) is 14.8. The quantitative estimate of drug-likeness (QED) is 0.0554. The van der Waals surface area contributed by atoms with Gasteiger partial charge in [-0.25, -0.2) is 4.79 Å². The van der Waals surface area contributed by atoms with Crippen molar-refractivity contribution < 1.29 is 29.3 Å². The minimum absolute atomic E-state index is 0.0286. The van der Waals surface area contributed by atoms with E-state index in [0.717, 1.165) is 46.5 Å². The van der Waals surface area contributed by atoms with E-state index in [-0.39, 0.29) is 42.2 Å². The maximum Gasteiger partial charge on any atom is 0.411 e. The number of aromatic hydroxyl groups is 1. The Morgan fingerprint density at radius 3 is 2.06 bits per heavy atom. The summed E-state index contributed by atoms with van der Waals surface area (Å²) >= 11 is 0. The molecule has 1 aliphatic rings. The molecule has 0 spiro atoms. The lowest BCUT2D eigenvalue weighted by Crippen LogP contribution is -2.40. The van der Waals surface area contributed by atoms with Gasteiger partial charge in [-0.2, -0.15) is 0 Å². The van der Waals surface area contributed by atoms with Gasteiger partial charge in [0.2, 0.25) is 17.4 Å². The molecule has 0 unspecified atom stereocenters. The summed E-state index contributed by atoms with van der Waals surface area (Å²) in [5.74, 6) is -0.181. The van der Waals surface area contributed by atoms with Crippen molar-refractivity contribution in [3.63, 3.8) is 0 Å². The first-order valence-electron chi connectivity index (χ1n) is 20.9. The summed E-state index contributed by atoms with van der Waals surface area (Å²) in [5, 5.41) is 33.6. The largest absolute Gasteiger partial charge is 0.506 e. The number of nitrogens with zero attached hydrogens (tertiary/aromatic N) is 1. The Bertz CT molecular complexity index is 2500. The number of amides is 3. The number of benzene rings is 5. The number of aliphatic hydroxyl groups is 1. The van der Waals surface area contributed by atoms with Gasteiger partial charge in [0.05, 0.1) is 23.7 Å². The second-order valence-corrected chi connectivity index (χ2v) is 15.5. The number of phenols is 1. The van der Waals surface area contributed by atoms with Gasteiger partial charge in [0.1, 0.15) is 11.9 Å². The number of phenolic OH excluding ortho intramolecular Hbond substituents is 1. The van der Waals surface area contributed by atoms with Gasteiger partial charge in [0.25, 0.3) is 0 Å². The molecule has 6 aromatic rings. The van der Waals surface area contributed by atoms with Gasteiger partial charge in [-0.05, 0) is 64.4 Å². The van der Waals surface area contributed by atoms with Crippen molar-refractivity contribution >= 4 is 34.5 Å². The second-order valence-electron chi connectivity index (χ2n) is 15.5. The van der Waals surface area contributed by atoms with E-state index in [9.17, 15) is 29.4 Å². The third kappa shape index (κ3) is 12.2. The zero-order valence-electron chi connectivity index (χ0n) is 34.4. The predicted molar refractivity (Wildman–Crippen MR) is 239 cm³/mol. The topological polar surface area (TPSA) is 185 Å². The van der Waals surface area contributed by atoms with Crippen molar-refractivity contribution in [2.24, 2.45) is 0 Å². The summed E-state index contributed by atoms with van der Waals surface area (Å²) in [6.07, 6.45) is 0.522. The number of nitrogens with one attached hydrogen (secondary N) is 5. The molecular formula is C49H52N6O7. The highest BCUT2D eigenvalue weighted by Crippen LogP contribution is 2.29. The number of likely N-dealkylation sites (tertiary alicyclic amines) is 1. The smallest absolute Gasteiger partial charge is 0.411 e. The van der Waals surface area contributed by atoms with Gasteiger partial charge in [-0.15, -0.1) is 0 Å². The molecule has 2 heterocycles. The Labute approximate surface area is 360 Å². The van der Waals surface area contributed by atoms with Crippen molar-refractivity contribution in [2.75, 3.05) is 31.5 Å². The monoisotopic (exact) mass is 836 g/mol. The van der Waals surface area contributed by atoms with Gasteiger partial charge < -0.3 is 40.8 Å². The number of aliphatic hydroxyl groups excluding tert-OH is 1. The summed E-state index contributed by atoms with van der Waals surface area (Å²) in [5.41, 5.74) is 6.99. The number of hydrogen-bond acceptors (Lipinski definition) is 9. The fourth-order valence-electron chi connectivity index (χ4n) is 7.56. The molecule has 0 bridgehead atoms. The summed E-state index contributed by atoms with van der Waals surface area (Å²) < 4.78 is 5.75. The van der Waals surface area contributed by atoms with Crippen LogP contribution < -0.4 is 26.8 Å². The number of anilines is 1. The van der Waals surface area contributed by atoms with Crippen LogP contribution in [0.2, 0.25) is 0 Å². The van der Waals surface area contributed by atoms with Crippen molar-refractivity contribution in [3.05, 3.63) is 166 Å². The number of carbonyl (C=O) groups excluding carboxylic acids is 3. The summed E-state index contributed by atoms with van der Waals surface area (Å²) in [4.78, 5) is 54.7. The van der Waals surface area contributed by atoms with Crippen LogP contribution in [-0.2, 0) is 40.4 Å². The molecule has 13 nitrogen and oxygen atoms in total. The lowest BCUT2D eigenvalue weighted by atomic mass is 10.0. The number of carbonyl (C=O) groups is 3. The molecule has 62 heavy (non-hydrogen) atoms. The molecule has 1 atom stereocenters. The first kappa shape index (κ1) is 43.3. The molecule has 1 aliphatic heterocycles. The number of hydrogen-bond donors (Lipinski definition) is 7. The van der Waals surface area contributed by atoms with Crippen molar-refractivity contribution in [1.29, 1.82) is 0 Å². The lowest BCUT2D eigenvalue weighted by Gasteiger charge is -2.31. The Morgan fingerprint density at radius 1 is 0.726 bits per heavy atom. The fourth-order valence-corrected chi connectivity index (χ4v) is 7.56. The molecule has 1 saturated heterocycles. The van der Waals surface area contributed by atoms with E-state index < -0.39 is 12.2 Å². The van der Waals surface area contributed by atoms with Crippen LogP contribution in [0.25, 0.3) is 22.0 Å². The average Bonchev–Trinajstić information content (AvgIpc) is 3.29. The lowest BCUT2D eigenvalue weighted by molar-refractivity contribution is -0.122. The SMILES string of the molecule is O=C(CCN1CCC(OC(=O)Nc2ccccc2-c2ccccc2)CC1)NCc1ccc(CNC(=O)Cc2ccc(CNC[C@H](O)c3ccc(O)c4[nH]c(=O)ccc34)cc2)cc1. The molecule has 7 N–H and O–H groups in total. The Hall–Kier alpha value is -6.80. The normalized spacial score (nSPS) is 13.6. The highest BCUT2D eigenvalue weighted by atomic mass is 16.6. The van der Waals surface area contributed by atoms with Gasteiger partial charge in [0.15, 0.2) is 0 Å². The first-order chi connectivity index (χ1) is 30.2. The number of ether oxygens (including phenoxy) is 1. The van der Waals surface area contributed by atoms with Crippen molar-refractivity contribution in [1.82, 2.24) is 25.8 Å². The number of fused-ring (bicyclic) bond motifs is 1. The van der Waals surface area contributed by atoms with Crippen molar-refractivity contribution in [2.45, 2.75) is 57.5 Å². The molecule has 7 rings (SSSR count). The Balaban J connectivity index is 0.747. The number of pyridine rings is 1. The van der Waals surface area contributed by atoms with Gasteiger partial charge in [-0.1, -0.05) is 103 Å². The number of H-pyrrole nitrogens is 1. The Morgan fingerprint density at radius 2 is 1.35 bits per heavy atom. The van der Waals surface area contributed by atoms with Crippen LogP contribution in [0.5, 0.6) is 5.75 Å². The maximum absolute atomic E-state index is 12.8. The first-order valence-corrected chi connectivity index (χ1v) is 20.9. The molecule has 1 aromatic heterocycles. The molecule has 1 fully saturated rings.